The second kappa shape index (κ2) is 6.38. The maximum Gasteiger partial charge on any atom is 0.244 e. The second-order valence-corrected chi connectivity index (χ2v) is 5.90. The fraction of sp³-hybridized carbons (Fsp3) is 0.278. The monoisotopic (exact) mass is 314 g/mol. The topological polar surface area (TPSA) is 64.4 Å². The van der Waals surface area contributed by atoms with Crippen LogP contribution in [0.15, 0.2) is 48.5 Å². The van der Waals surface area contributed by atoms with Crippen molar-refractivity contribution in [2.45, 2.75) is 31.2 Å². The minimum Gasteiger partial charge on any atom is -0.457 e. The summed E-state index contributed by atoms with van der Waals surface area (Å²) in [4.78, 5) is 12.2. The van der Waals surface area contributed by atoms with Crippen LogP contribution in [0, 0.1) is 5.82 Å². The summed E-state index contributed by atoms with van der Waals surface area (Å²) in [6, 6.07) is 12.9. The van der Waals surface area contributed by atoms with Crippen LogP contribution in [0.1, 0.15) is 25.7 Å². The van der Waals surface area contributed by atoms with Crippen molar-refractivity contribution in [2.75, 3.05) is 5.32 Å². The molecule has 1 fully saturated rings. The van der Waals surface area contributed by atoms with Crippen molar-refractivity contribution in [1.82, 2.24) is 0 Å². The third-order valence-corrected chi connectivity index (χ3v) is 4.09. The van der Waals surface area contributed by atoms with Gasteiger partial charge in [0.1, 0.15) is 17.3 Å². The Bertz CT molecular complexity index is 694. The van der Waals surface area contributed by atoms with E-state index in [1.165, 1.54) is 12.1 Å². The normalized spacial score (nSPS) is 16.1. The number of carbonyl (C=O) groups excluding carboxylic acids is 1. The molecule has 23 heavy (non-hydrogen) atoms. The number of hydrogen-bond acceptors (Lipinski definition) is 3. The molecule has 1 aliphatic carbocycles. The smallest absolute Gasteiger partial charge is 0.244 e. The number of benzene rings is 2. The van der Waals surface area contributed by atoms with Crippen LogP contribution in [0.25, 0.3) is 0 Å². The van der Waals surface area contributed by atoms with E-state index in [1.54, 1.807) is 36.4 Å². The number of nitrogens with two attached hydrogens (primary N) is 1. The van der Waals surface area contributed by atoms with E-state index in [9.17, 15) is 9.18 Å². The molecule has 5 heteroatoms. The lowest BCUT2D eigenvalue weighted by molar-refractivity contribution is -0.121. The van der Waals surface area contributed by atoms with E-state index in [0.717, 1.165) is 25.7 Å². The first-order valence-corrected chi connectivity index (χ1v) is 7.69. The van der Waals surface area contributed by atoms with Gasteiger partial charge in [-0.15, -0.1) is 0 Å². The van der Waals surface area contributed by atoms with E-state index in [4.69, 9.17) is 10.5 Å². The van der Waals surface area contributed by atoms with Crippen molar-refractivity contribution in [1.29, 1.82) is 0 Å². The molecule has 2 aromatic carbocycles. The zero-order chi connectivity index (χ0) is 16.3. The van der Waals surface area contributed by atoms with Crippen LogP contribution >= 0.6 is 0 Å². The number of rotatable bonds is 4. The SMILES string of the molecule is NC1(C(=O)Nc2ccc(Oc3cccc(F)c3)cc2)CCCC1. The number of amides is 1. The molecule has 0 unspecified atom stereocenters. The van der Waals surface area contributed by atoms with Gasteiger partial charge in [-0.05, 0) is 49.2 Å². The number of hydrogen-bond donors (Lipinski definition) is 2. The first-order chi connectivity index (χ1) is 11.0. The Hall–Kier alpha value is -2.40. The molecule has 0 atom stereocenters. The quantitative estimate of drug-likeness (QED) is 0.901. The lowest BCUT2D eigenvalue weighted by Crippen LogP contribution is -2.48. The van der Waals surface area contributed by atoms with Crippen LogP contribution < -0.4 is 15.8 Å². The van der Waals surface area contributed by atoms with Crippen LogP contribution in [-0.2, 0) is 4.79 Å². The molecule has 0 aromatic heterocycles. The van der Waals surface area contributed by atoms with Gasteiger partial charge in [-0.1, -0.05) is 18.9 Å². The third-order valence-electron chi connectivity index (χ3n) is 4.09. The van der Waals surface area contributed by atoms with Crippen molar-refractivity contribution in [3.63, 3.8) is 0 Å². The molecule has 0 radical (unpaired) electrons. The molecular weight excluding hydrogens is 295 g/mol. The van der Waals surface area contributed by atoms with Crippen molar-refractivity contribution < 1.29 is 13.9 Å². The Morgan fingerprint density at radius 2 is 1.78 bits per heavy atom. The first-order valence-electron chi connectivity index (χ1n) is 7.69. The van der Waals surface area contributed by atoms with Gasteiger partial charge in [-0.3, -0.25) is 4.79 Å². The summed E-state index contributed by atoms with van der Waals surface area (Å²) in [5.41, 5.74) is 6.04. The van der Waals surface area contributed by atoms with Crippen LogP contribution in [0.3, 0.4) is 0 Å². The highest BCUT2D eigenvalue weighted by Crippen LogP contribution is 2.29. The van der Waals surface area contributed by atoms with E-state index in [1.807, 2.05) is 0 Å². The Morgan fingerprint density at radius 3 is 2.43 bits per heavy atom. The number of halogens is 1. The molecule has 1 aliphatic rings. The molecule has 0 heterocycles. The lowest BCUT2D eigenvalue weighted by atomic mass is 9.98. The van der Waals surface area contributed by atoms with Gasteiger partial charge in [-0.25, -0.2) is 4.39 Å². The zero-order valence-electron chi connectivity index (χ0n) is 12.7. The summed E-state index contributed by atoms with van der Waals surface area (Å²) >= 11 is 0. The zero-order valence-corrected chi connectivity index (χ0v) is 12.7. The molecule has 4 nitrogen and oxygen atoms in total. The largest absolute Gasteiger partial charge is 0.457 e. The lowest BCUT2D eigenvalue weighted by Gasteiger charge is -2.22. The van der Waals surface area contributed by atoms with Crippen LogP contribution in [0.5, 0.6) is 11.5 Å². The molecule has 1 saturated carbocycles. The molecule has 1 amide bonds. The van der Waals surface area contributed by atoms with Crippen molar-refractivity contribution in [3.8, 4) is 11.5 Å². The maximum atomic E-state index is 13.1. The standard InChI is InChI=1S/C18H19FN2O2/c19-13-4-3-5-16(12-13)23-15-8-6-14(7-9-15)21-17(22)18(20)10-1-2-11-18/h3-9,12H,1-2,10-11,20H2,(H,21,22). The van der Waals surface area contributed by atoms with Gasteiger partial charge in [0.2, 0.25) is 5.91 Å². The summed E-state index contributed by atoms with van der Waals surface area (Å²) in [6.07, 6.45) is 3.42. The first kappa shape index (κ1) is 15.5. The van der Waals surface area contributed by atoms with Gasteiger partial charge in [0, 0.05) is 11.8 Å². The third kappa shape index (κ3) is 3.68. The molecule has 0 aliphatic heterocycles. The van der Waals surface area contributed by atoms with Crippen molar-refractivity contribution >= 4 is 11.6 Å². The summed E-state index contributed by atoms with van der Waals surface area (Å²) in [5.74, 6) is 0.496. The van der Waals surface area contributed by atoms with Gasteiger partial charge in [0.25, 0.3) is 0 Å². The Morgan fingerprint density at radius 1 is 1.09 bits per heavy atom. The van der Waals surface area contributed by atoms with Crippen LogP contribution in [-0.4, -0.2) is 11.4 Å². The molecule has 0 spiro atoms. The summed E-state index contributed by atoms with van der Waals surface area (Å²) < 4.78 is 18.7. The fourth-order valence-corrected chi connectivity index (χ4v) is 2.76. The summed E-state index contributed by atoms with van der Waals surface area (Å²) in [7, 11) is 0. The maximum absolute atomic E-state index is 13.1. The molecule has 3 N–H and O–H groups in total. The minimum atomic E-state index is -0.753. The molecular formula is C18H19FN2O2. The number of nitrogens with one attached hydrogen (secondary N) is 1. The number of ether oxygens (including phenoxy) is 1. The van der Waals surface area contributed by atoms with Gasteiger partial charge in [0.05, 0.1) is 5.54 Å². The van der Waals surface area contributed by atoms with E-state index < -0.39 is 5.54 Å². The average Bonchev–Trinajstić information content (AvgIpc) is 2.97. The average molecular weight is 314 g/mol. The van der Waals surface area contributed by atoms with Gasteiger partial charge < -0.3 is 15.8 Å². The van der Waals surface area contributed by atoms with Crippen molar-refractivity contribution in [2.24, 2.45) is 5.73 Å². The minimum absolute atomic E-state index is 0.145. The van der Waals surface area contributed by atoms with E-state index in [-0.39, 0.29) is 11.7 Å². The summed E-state index contributed by atoms with van der Waals surface area (Å²) in [6.45, 7) is 0. The highest BCUT2D eigenvalue weighted by molar-refractivity contribution is 5.98. The summed E-state index contributed by atoms with van der Waals surface area (Å²) in [5, 5.41) is 2.85. The molecule has 0 saturated heterocycles. The Kier molecular flexibility index (Phi) is 4.30. The highest BCUT2D eigenvalue weighted by Gasteiger charge is 2.36. The van der Waals surface area contributed by atoms with Crippen LogP contribution in [0.4, 0.5) is 10.1 Å². The molecule has 120 valence electrons. The number of carbonyl (C=O) groups is 1. The second-order valence-electron chi connectivity index (χ2n) is 5.90. The Balaban J connectivity index is 1.64. The van der Waals surface area contributed by atoms with E-state index in [0.29, 0.717) is 17.2 Å². The van der Waals surface area contributed by atoms with Crippen LogP contribution in [0.2, 0.25) is 0 Å². The fourth-order valence-electron chi connectivity index (χ4n) is 2.76. The van der Waals surface area contributed by atoms with E-state index in [2.05, 4.69) is 5.32 Å². The van der Waals surface area contributed by atoms with Gasteiger partial charge >= 0.3 is 0 Å². The molecule has 0 bridgehead atoms. The predicted molar refractivity (Wildman–Crippen MR) is 86.9 cm³/mol. The van der Waals surface area contributed by atoms with Crippen molar-refractivity contribution in [3.05, 3.63) is 54.3 Å². The Labute approximate surface area is 134 Å². The molecule has 3 rings (SSSR count). The van der Waals surface area contributed by atoms with Gasteiger partial charge in [0.15, 0.2) is 0 Å². The molecule has 2 aromatic rings. The number of anilines is 1. The van der Waals surface area contributed by atoms with Gasteiger partial charge in [-0.2, -0.15) is 0 Å². The predicted octanol–water partition coefficient (Wildman–Crippen LogP) is 3.83. The van der Waals surface area contributed by atoms with E-state index >= 15 is 0 Å². The highest BCUT2D eigenvalue weighted by atomic mass is 19.1.